The Hall–Kier alpha value is -2.42. The summed E-state index contributed by atoms with van der Waals surface area (Å²) < 4.78 is 0. The van der Waals surface area contributed by atoms with Crippen molar-refractivity contribution in [3.05, 3.63) is 59.1 Å². The van der Waals surface area contributed by atoms with Crippen molar-refractivity contribution in [1.82, 2.24) is 14.9 Å². The van der Waals surface area contributed by atoms with E-state index in [0.29, 0.717) is 36.6 Å². The van der Waals surface area contributed by atoms with Crippen LogP contribution in [-0.4, -0.2) is 44.6 Å². The highest BCUT2D eigenvalue weighted by molar-refractivity contribution is 6.30. The summed E-state index contributed by atoms with van der Waals surface area (Å²) >= 11 is 5.93. The van der Waals surface area contributed by atoms with Gasteiger partial charge in [0.05, 0.1) is 6.20 Å². The van der Waals surface area contributed by atoms with Gasteiger partial charge in [0.15, 0.2) is 0 Å². The van der Waals surface area contributed by atoms with Crippen LogP contribution in [0.3, 0.4) is 0 Å². The second-order valence-electron chi connectivity index (χ2n) is 5.67. The highest BCUT2D eigenvalue weighted by Crippen LogP contribution is 2.22. The van der Waals surface area contributed by atoms with E-state index >= 15 is 0 Å². The SMILES string of the molecule is O=C(c1cnccn1)N1CCC(O)(C#Cc2cccc(Cl)c2)CC1. The van der Waals surface area contributed by atoms with Gasteiger partial charge in [-0.1, -0.05) is 29.5 Å². The first-order chi connectivity index (χ1) is 11.6. The standard InChI is InChI=1S/C18H16ClN3O2/c19-15-3-1-2-14(12-15)4-5-18(24)6-10-22(11-7-18)17(23)16-13-20-8-9-21-16/h1-3,8-9,12-13,24H,6-7,10-11H2. The normalized spacial score (nSPS) is 16.2. The van der Waals surface area contributed by atoms with Gasteiger partial charge in [-0.15, -0.1) is 0 Å². The Balaban J connectivity index is 1.65. The molecule has 122 valence electrons. The minimum atomic E-state index is -1.10. The number of benzene rings is 1. The monoisotopic (exact) mass is 341 g/mol. The zero-order chi connectivity index (χ0) is 17.0. The Morgan fingerprint density at radius 1 is 1.29 bits per heavy atom. The summed E-state index contributed by atoms with van der Waals surface area (Å²) in [4.78, 5) is 21.9. The number of carbonyl (C=O) groups is 1. The maximum atomic E-state index is 12.3. The quantitative estimate of drug-likeness (QED) is 0.807. The summed E-state index contributed by atoms with van der Waals surface area (Å²) in [5.74, 6) is 5.71. The largest absolute Gasteiger partial charge is 0.377 e. The van der Waals surface area contributed by atoms with Gasteiger partial charge in [0.25, 0.3) is 5.91 Å². The molecule has 1 aliphatic heterocycles. The van der Waals surface area contributed by atoms with Crippen LogP contribution in [0, 0.1) is 11.8 Å². The summed E-state index contributed by atoms with van der Waals surface area (Å²) in [7, 11) is 0. The maximum Gasteiger partial charge on any atom is 0.274 e. The minimum absolute atomic E-state index is 0.173. The lowest BCUT2D eigenvalue weighted by molar-refractivity contribution is 0.0246. The summed E-state index contributed by atoms with van der Waals surface area (Å²) in [6.45, 7) is 0.853. The smallest absolute Gasteiger partial charge is 0.274 e. The van der Waals surface area contributed by atoms with Crippen LogP contribution in [0.4, 0.5) is 0 Å². The summed E-state index contributed by atoms with van der Waals surface area (Å²) in [5, 5.41) is 11.2. The second kappa shape index (κ2) is 7.00. The molecule has 1 amide bonds. The summed E-state index contributed by atoms with van der Waals surface area (Å²) in [6, 6.07) is 7.19. The predicted molar refractivity (Wildman–Crippen MR) is 90.4 cm³/mol. The molecule has 2 heterocycles. The fourth-order valence-corrected chi connectivity index (χ4v) is 2.72. The third-order valence-electron chi connectivity index (χ3n) is 3.92. The fraction of sp³-hybridized carbons (Fsp3) is 0.278. The Morgan fingerprint density at radius 2 is 2.08 bits per heavy atom. The average Bonchev–Trinajstić information content (AvgIpc) is 2.61. The molecule has 0 unspecified atom stereocenters. The van der Waals surface area contributed by atoms with Gasteiger partial charge in [-0.05, 0) is 18.2 Å². The molecule has 1 saturated heterocycles. The molecule has 3 rings (SSSR count). The van der Waals surface area contributed by atoms with E-state index in [1.54, 1.807) is 17.0 Å². The van der Waals surface area contributed by atoms with Crippen molar-refractivity contribution in [3.8, 4) is 11.8 Å². The summed E-state index contributed by atoms with van der Waals surface area (Å²) in [6.07, 6.45) is 5.25. The van der Waals surface area contributed by atoms with E-state index in [2.05, 4.69) is 21.8 Å². The van der Waals surface area contributed by atoms with Crippen LogP contribution in [0.1, 0.15) is 28.9 Å². The molecule has 1 aromatic heterocycles. The van der Waals surface area contributed by atoms with Crippen molar-refractivity contribution in [2.45, 2.75) is 18.4 Å². The molecule has 1 N–H and O–H groups in total. The topological polar surface area (TPSA) is 66.3 Å². The van der Waals surface area contributed by atoms with Gasteiger partial charge < -0.3 is 10.0 Å². The molecule has 0 atom stereocenters. The van der Waals surface area contributed by atoms with E-state index in [1.165, 1.54) is 18.6 Å². The van der Waals surface area contributed by atoms with Crippen molar-refractivity contribution in [3.63, 3.8) is 0 Å². The van der Waals surface area contributed by atoms with Crippen LogP contribution in [0.25, 0.3) is 0 Å². The van der Waals surface area contributed by atoms with Crippen LogP contribution in [0.15, 0.2) is 42.9 Å². The van der Waals surface area contributed by atoms with Gasteiger partial charge in [-0.2, -0.15) is 0 Å². The number of aliphatic hydroxyl groups is 1. The van der Waals surface area contributed by atoms with Crippen LogP contribution < -0.4 is 0 Å². The van der Waals surface area contributed by atoms with Crippen LogP contribution >= 0.6 is 11.6 Å². The number of carbonyl (C=O) groups excluding carboxylic acids is 1. The van der Waals surface area contributed by atoms with E-state index in [-0.39, 0.29) is 5.91 Å². The second-order valence-corrected chi connectivity index (χ2v) is 6.11. The molecule has 1 fully saturated rings. The first-order valence-corrected chi connectivity index (χ1v) is 8.00. The van der Waals surface area contributed by atoms with Gasteiger partial charge in [0, 0.05) is 48.9 Å². The molecule has 0 bridgehead atoms. The molecule has 0 radical (unpaired) electrons. The van der Waals surface area contributed by atoms with Crippen LogP contribution in [0.2, 0.25) is 5.02 Å². The molecular formula is C18H16ClN3O2. The molecule has 0 saturated carbocycles. The minimum Gasteiger partial charge on any atom is -0.377 e. The Morgan fingerprint density at radius 3 is 2.75 bits per heavy atom. The van der Waals surface area contributed by atoms with Crippen molar-refractivity contribution in [2.24, 2.45) is 0 Å². The predicted octanol–water partition coefficient (Wildman–Crippen LogP) is 2.15. The molecular weight excluding hydrogens is 326 g/mol. The first-order valence-electron chi connectivity index (χ1n) is 7.62. The molecule has 24 heavy (non-hydrogen) atoms. The first kappa shape index (κ1) is 16.4. The Bertz CT molecular complexity index is 791. The van der Waals surface area contributed by atoms with Gasteiger partial charge in [0.2, 0.25) is 0 Å². The number of hydrogen-bond acceptors (Lipinski definition) is 4. The van der Waals surface area contributed by atoms with Gasteiger partial charge in [-0.25, -0.2) is 4.98 Å². The van der Waals surface area contributed by atoms with Crippen LogP contribution in [0.5, 0.6) is 0 Å². The molecule has 1 aliphatic rings. The molecule has 5 nitrogen and oxygen atoms in total. The number of likely N-dealkylation sites (tertiary alicyclic amines) is 1. The zero-order valence-corrected chi connectivity index (χ0v) is 13.7. The highest BCUT2D eigenvalue weighted by atomic mass is 35.5. The number of piperidine rings is 1. The number of rotatable bonds is 1. The Kier molecular flexibility index (Phi) is 4.79. The number of aromatic nitrogens is 2. The number of nitrogens with zero attached hydrogens (tertiary/aromatic N) is 3. The number of amides is 1. The number of hydrogen-bond donors (Lipinski definition) is 1. The van der Waals surface area contributed by atoms with Gasteiger partial charge >= 0.3 is 0 Å². The molecule has 6 heteroatoms. The molecule has 0 spiro atoms. The van der Waals surface area contributed by atoms with Gasteiger partial charge in [-0.3, -0.25) is 9.78 Å². The van der Waals surface area contributed by atoms with E-state index < -0.39 is 5.60 Å². The van der Waals surface area contributed by atoms with E-state index in [0.717, 1.165) is 5.56 Å². The molecule has 2 aromatic rings. The third-order valence-corrected chi connectivity index (χ3v) is 4.16. The summed E-state index contributed by atoms with van der Waals surface area (Å²) in [5.41, 5.74) is -0.0245. The lowest BCUT2D eigenvalue weighted by Gasteiger charge is -2.34. The van der Waals surface area contributed by atoms with Crippen molar-refractivity contribution in [1.29, 1.82) is 0 Å². The fourth-order valence-electron chi connectivity index (χ4n) is 2.53. The van der Waals surface area contributed by atoms with E-state index in [4.69, 9.17) is 11.6 Å². The van der Waals surface area contributed by atoms with Crippen molar-refractivity contribution < 1.29 is 9.90 Å². The number of halogens is 1. The zero-order valence-electron chi connectivity index (χ0n) is 12.9. The van der Waals surface area contributed by atoms with E-state index in [9.17, 15) is 9.90 Å². The molecule has 1 aromatic carbocycles. The lowest BCUT2D eigenvalue weighted by atomic mass is 9.91. The lowest BCUT2D eigenvalue weighted by Crippen LogP contribution is -2.46. The maximum absolute atomic E-state index is 12.3. The highest BCUT2D eigenvalue weighted by Gasteiger charge is 2.33. The Labute approximate surface area is 145 Å². The van der Waals surface area contributed by atoms with Crippen molar-refractivity contribution in [2.75, 3.05) is 13.1 Å². The van der Waals surface area contributed by atoms with Gasteiger partial charge in [0.1, 0.15) is 11.3 Å². The third kappa shape index (κ3) is 3.91. The molecule has 0 aliphatic carbocycles. The average molecular weight is 342 g/mol. The van der Waals surface area contributed by atoms with E-state index in [1.807, 2.05) is 12.1 Å². The van der Waals surface area contributed by atoms with Crippen molar-refractivity contribution >= 4 is 17.5 Å². The van der Waals surface area contributed by atoms with Crippen LogP contribution in [-0.2, 0) is 0 Å².